The van der Waals surface area contributed by atoms with Gasteiger partial charge in [0.2, 0.25) is 0 Å². The first-order valence-corrected chi connectivity index (χ1v) is 19.1. The molecule has 0 atom stereocenters. The molecule has 0 aliphatic heterocycles. The van der Waals surface area contributed by atoms with Gasteiger partial charge >= 0.3 is 11.9 Å². The minimum atomic E-state index is -0.375. The lowest BCUT2D eigenvalue weighted by Gasteiger charge is -2.18. The van der Waals surface area contributed by atoms with Crippen LogP contribution in [0.2, 0.25) is 0 Å². The van der Waals surface area contributed by atoms with Crippen molar-refractivity contribution in [3.8, 4) is 0 Å². The van der Waals surface area contributed by atoms with Gasteiger partial charge in [-0.05, 0) is 55.7 Å². The average Bonchev–Trinajstić information content (AvgIpc) is 3.03. The summed E-state index contributed by atoms with van der Waals surface area (Å²) in [5.41, 5.74) is 3.14. The van der Waals surface area contributed by atoms with E-state index in [1.54, 1.807) is 0 Å². The first-order valence-electron chi connectivity index (χ1n) is 19.1. The molecule has 0 unspecified atom stereocenters. The lowest BCUT2D eigenvalue weighted by molar-refractivity contribution is 0.0449. The molecular formula is C40H70O4. The third-order valence-corrected chi connectivity index (χ3v) is 8.88. The zero-order chi connectivity index (χ0) is 32.1. The van der Waals surface area contributed by atoms with Crippen molar-refractivity contribution in [2.45, 2.75) is 195 Å². The van der Waals surface area contributed by atoms with E-state index in [9.17, 15) is 9.59 Å². The molecule has 0 N–H and O–H groups in total. The van der Waals surface area contributed by atoms with Crippen molar-refractivity contribution in [1.29, 1.82) is 0 Å². The van der Waals surface area contributed by atoms with Gasteiger partial charge < -0.3 is 9.47 Å². The summed E-state index contributed by atoms with van der Waals surface area (Å²) < 4.78 is 11.6. The number of benzene rings is 1. The number of unbranched alkanes of at least 4 members (excludes halogenated alkanes) is 20. The highest BCUT2D eigenvalue weighted by atomic mass is 16.5. The van der Waals surface area contributed by atoms with Gasteiger partial charge in [0.15, 0.2) is 0 Å². The molecular weight excluding hydrogens is 544 g/mol. The van der Waals surface area contributed by atoms with Gasteiger partial charge in [0.05, 0.1) is 24.3 Å². The largest absolute Gasteiger partial charge is 0.462 e. The van der Waals surface area contributed by atoms with E-state index in [1.807, 2.05) is 6.07 Å². The quantitative estimate of drug-likeness (QED) is 0.0639. The van der Waals surface area contributed by atoms with Crippen molar-refractivity contribution >= 4 is 11.9 Å². The highest BCUT2D eigenvalue weighted by Crippen LogP contribution is 2.27. The van der Waals surface area contributed by atoms with Crippen LogP contribution in [-0.4, -0.2) is 25.2 Å². The van der Waals surface area contributed by atoms with Gasteiger partial charge in [0, 0.05) is 0 Å². The van der Waals surface area contributed by atoms with Crippen molar-refractivity contribution in [3.63, 3.8) is 0 Å². The molecule has 0 aliphatic rings. The molecule has 0 saturated heterocycles. The summed E-state index contributed by atoms with van der Waals surface area (Å²) in [5, 5.41) is 0. The molecule has 1 rings (SSSR count). The fourth-order valence-corrected chi connectivity index (χ4v) is 6.04. The van der Waals surface area contributed by atoms with Gasteiger partial charge in [0.25, 0.3) is 0 Å². The summed E-state index contributed by atoms with van der Waals surface area (Å²) in [6.07, 6.45) is 30.0. The zero-order valence-corrected chi connectivity index (χ0v) is 29.6. The Bertz CT molecular complexity index is 846. The number of rotatable bonds is 30. The highest BCUT2D eigenvalue weighted by Gasteiger charge is 2.25. The highest BCUT2D eigenvalue weighted by molar-refractivity contribution is 6.04. The van der Waals surface area contributed by atoms with Gasteiger partial charge in [-0.2, -0.15) is 0 Å². The number of carbonyl (C=O) groups excluding carboxylic acids is 2. The fourth-order valence-electron chi connectivity index (χ4n) is 6.04. The van der Waals surface area contributed by atoms with Crippen LogP contribution in [0, 0.1) is 0 Å². The zero-order valence-electron chi connectivity index (χ0n) is 29.6. The smallest absolute Gasteiger partial charge is 0.339 e. The maximum atomic E-state index is 13.7. The number of esters is 2. The third kappa shape index (κ3) is 18.8. The van der Waals surface area contributed by atoms with E-state index in [1.165, 1.54) is 115 Å². The summed E-state index contributed by atoms with van der Waals surface area (Å²) in [4.78, 5) is 27.2. The molecule has 254 valence electrons. The Morgan fingerprint density at radius 1 is 0.455 bits per heavy atom. The Morgan fingerprint density at radius 2 is 0.841 bits per heavy atom. The Morgan fingerprint density at radius 3 is 1.32 bits per heavy atom. The second kappa shape index (κ2) is 28.6. The molecule has 44 heavy (non-hydrogen) atoms. The van der Waals surface area contributed by atoms with Gasteiger partial charge in [0.1, 0.15) is 0 Å². The van der Waals surface area contributed by atoms with E-state index in [-0.39, 0.29) is 11.9 Å². The third-order valence-electron chi connectivity index (χ3n) is 8.88. The Kier molecular flexibility index (Phi) is 26.1. The molecule has 0 amide bonds. The van der Waals surface area contributed by atoms with Crippen LogP contribution in [0.15, 0.2) is 12.1 Å². The number of aryl methyl sites for hydroxylation is 1. The predicted molar refractivity (Wildman–Crippen MR) is 188 cm³/mol. The van der Waals surface area contributed by atoms with E-state index in [0.717, 1.165) is 63.4 Å². The van der Waals surface area contributed by atoms with Crippen LogP contribution in [0.25, 0.3) is 0 Å². The molecule has 0 radical (unpaired) electrons. The second-order valence-electron chi connectivity index (χ2n) is 13.0. The van der Waals surface area contributed by atoms with Gasteiger partial charge in [-0.25, -0.2) is 9.59 Å². The number of hydrogen-bond acceptors (Lipinski definition) is 4. The molecule has 0 aromatic heterocycles. The maximum Gasteiger partial charge on any atom is 0.339 e. The second-order valence-corrected chi connectivity index (χ2v) is 13.0. The maximum absolute atomic E-state index is 13.7. The molecule has 0 saturated carbocycles. The van der Waals surface area contributed by atoms with Gasteiger partial charge in [-0.3, -0.25) is 0 Å². The van der Waals surface area contributed by atoms with Crippen LogP contribution in [-0.2, 0) is 22.3 Å². The lowest BCUT2D eigenvalue weighted by atomic mass is 9.89. The first-order chi connectivity index (χ1) is 21.6. The summed E-state index contributed by atoms with van der Waals surface area (Å²) >= 11 is 0. The van der Waals surface area contributed by atoms with E-state index in [0.29, 0.717) is 24.3 Å². The van der Waals surface area contributed by atoms with E-state index >= 15 is 0 Å². The summed E-state index contributed by atoms with van der Waals surface area (Å²) in [6.45, 7) is 9.76. The molecule has 0 spiro atoms. The monoisotopic (exact) mass is 615 g/mol. The summed E-state index contributed by atoms with van der Waals surface area (Å²) in [5.74, 6) is -0.712. The Labute approximate surface area is 272 Å². The topological polar surface area (TPSA) is 52.6 Å². The summed E-state index contributed by atoms with van der Waals surface area (Å²) in [6, 6.07) is 3.95. The molecule has 1 aromatic rings. The van der Waals surface area contributed by atoms with Crippen LogP contribution in [0.1, 0.15) is 214 Å². The van der Waals surface area contributed by atoms with Crippen LogP contribution in [0.5, 0.6) is 0 Å². The van der Waals surface area contributed by atoms with Crippen LogP contribution in [0.3, 0.4) is 0 Å². The molecule has 0 heterocycles. The van der Waals surface area contributed by atoms with Gasteiger partial charge in [-0.1, -0.05) is 162 Å². The molecule has 0 fully saturated rings. The van der Waals surface area contributed by atoms with Crippen LogP contribution < -0.4 is 0 Å². The number of hydrogen-bond donors (Lipinski definition) is 0. The van der Waals surface area contributed by atoms with E-state index in [2.05, 4.69) is 33.8 Å². The van der Waals surface area contributed by atoms with Crippen molar-refractivity contribution in [2.75, 3.05) is 13.2 Å². The first kappa shape index (κ1) is 40.2. The van der Waals surface area contributed by atoms with E-state index in [4.69, 9.17) is 9.47 Å². The summed E-state index contributed by atoms with van der Waals surface area (Å²) in [7, 11) is 0. The van der Waals surface area contributed by atoms with Crippen molar-refractivity contribution in [3.05, 3.63) is 34.4 Å². The Balaban J connectivity index is 3.09. The van der Waals surface area contributed by atoms with Crippen molar-refractivity contribution in [1.82, 2.24) is 0 Å². The van der Waals surface area contributed by atoms with Gasteiger partial charge in [-0.15, -0.1) is 0 Å². The van der Waals surface area contributed by atoms with Crippen LogP contribution >= 0.6 is 0 Å². The lowest BCUT2D eigenvalue weighted by Crippen LogP contribution is -2.19. The minimum absolute atomic E-state index is 0.337. The predicted octanol–water partition coefficient (Wildman–Crippen LogP) is 12.5. The molecule has 4 nitrogen and oxygen atoms in total. The van der Waals surface area contributed by atoms with Crippen molar-refractivity contribution < 1.29 is 19.1 Å². The SMILES string of the molecule is CCCCCCCCOC(=O)c1ccc(CCCCCCCC)c(CCCCCCCC)c1C(=O)OCCCCCCCC. The minimum Gasteiger partial charge on any atom is -0.462 e. The average molecular weight is 615 g/mol. The van der Waals surface area contributed by atoms with Crippen LogP contribution in [0.4, 0.5) is 0 Å². The van der Waals surface area contributed by atoms with Crippen molar-refractivity contribution in [2.24, 2.45) is 0 Å². The molecule has 1 aromatic carbocycles. The molecule has 4 heteroatoms. The van der Waals surface area contributed by atoms with E-state index < -0.39 is 0 Å². The molecule has 0 bridgehead atoms. The normalized spacial score (nSPS) is 11.2. The number of ether oxygens (including phenoxy) is 2. The molecule has 0 aliphatic carbocycles. The number of carbonyl (C=O) groups is 2. The Hall–Kier alpha value is -1.84. The fraction of sp³-hybridized carbons (Fsp3) is 0.800. The standard InChI is InChI=1S/C40H70O4/c1-5-9-13-17-21-25-29-35-31-32-37(39(41)43-33-27-23-19-15-11-7-3)38(36(35)30-26-22-18-14-10-6-2)40(42)44-34-28-24-20-16-12-8-4/h31-32H,5-30,33-34H2,1-4H3.